The molecule has 0 aliphatic carbocycles. The van der Waals surface area contributed by atoms with E-state index in [4.69, 9.17) is 0 Å². The van der Waals surface area contributed by atoms with Crippen molar-refractivity contribution in [2.24, 2.45) is 0 Å². The van der Waals surface area contributed by atoms with Crippen LogP contribution in [0.2, 0.25) is 0 Å². The van der Waals surface area contributed by atoms with Gasteiger partial charge in [-0.05, 0) is 43.9 Å². The first-order valence-electron chi connectivity index (χ1n) is 7.86. The molecule has 0 atom stereocenters. The van der Waals surface area contributed by atoms with Crippen molar-refractivity contribution in [2.45, 2.75) is 44.4 Å². The highest BCUT2D eigenvalue weighted by Gasteiger charge is 2.28. The molecule has 0 radical (unpaired) electrons. The fourth-order valence-electron chi connectivity index (χ4n) is 2.56. The van der Waals surface area contributed by atoms with E-state index in [0.29, 0.717) is 25.2 Å². The molecular formula is C16H24N2O3S. The lowest BCUT2D eigenvalue weighted by Gasteiger charge is -2.16. The monoisotopic (exact) mass is 324 g/mol. The van der Waals surface area contributed by atoms with Gasteiger partial charge in [-0.25, -0.2) is 8.42 Å². The molecule has 0 saturated carbocycles. The van der Waals surface area contributed by atoms with E-state index in [1.165, 1.54) is 10.4 Å². The quantitative estimate of drug-likeness (QED) is 0.817. The van der Waals surface area contributed by atoms with Gasteiger partial charge in [0.05, 0.1) is 4.90 Å². The third-order valence-electron chi connectivity index (χ3n) is 3.97. The Labute approximate surface area is 132 Å². The second-order valence-corrected chi connectivity index (χ2v) is 7.64. The number of benzene rings is 1. The normalized spacial score (nSPS) is 15.9. The summed E-state index contributed by atoms with van der Waals surface area (Å²) in [6.45, 7) is 5.61. The van der Waals surface area contributed by atoms with Gasteiger partial charge in [0.15, 0.2) is 0 Å². The first-order valence-corrected chi connectivity index (χ1v) is 9.30. The molecular weight excluding hydrogens is 300 g/mol. The third kappa shape index (κ3) is 3.67. The minimum atomic E-state index is -3.48. The van der Waals surface area contributed by atoms with Gasteiger partial charge in [-0.1, -0.05) is 19.4 Å². The molecule has 1 fully saturated rings. The molecule has 0 aromatic heterocycles. The summed E-state index contributed by atoms with van der Waals surface area (Å²) in [5.41, 5.74) is 1.23. The Morgan fingerprint density at radius 3 is 2.59 bits per heavy atom. The lowest BCUT2D eigenvalue weighted by atomic mass is 10.1. The summed E-state index contributed by atoms with van der Waals surface area (Å²) in [6.07, 6.45) is 3.71. The lowest BCUT2D eigenvalue weighted by Crippen LogP contribution is -2.29. The van der Waals surface area contributed by atoms with Crippen LogP contribution in [0.1, 0.15) is 48.5 Å². The Morgan fingerprint density at radius 2 is 1.95 bits per heavy atom. The van der Waals surface area contributed by atoms with Gasteiger partial charge in [0.2, 0.25) is 10.0 Å². The Bertz CT molecular complexity index is 635. The van der Waals surface area contributed by atoms with Crippen LogP contribution in [0.5, 0.6) is 0 Å². The molecule has 22 heavy (non-hydrogen) atoms. The highest BCUT2D eigenvalue weighted by molar-refractivity contribution is 7.89. The number of hydrogen-bond acceptors (Lipinski definition) is 3. The highest BCUT2D eigenvalue weighted by Crippen LogP contribution is 2.23. The van der Waals surface area contributed by atoms with E-state index >= 15 is 0 Å². The number of unbranched alkanes of at least 4 members (excludes halogenated alkanes) is 1. The van der Waals surface area contributed by atoms with Gasteiger partial charge in [0.25, 0.3) is 5.91 Å². The smallest absolute Gasteiger partial charge is 0.251 e. The maximum Gasteiger partial charge on any atom is 0.251 e. The van der Waals surface area contributed by atoms with Crippen molar-refractivity contribution in [3.8, 4) is 0 Å². The van der Waals surface area contributed by atoms with Gasteiger partial charge < -0.3 is 5.32 Å². The molecule has 122 valence electrons. The Balaban J connectivity index is 2.24. The van der Waals surface area contributed by atoms with Crippen LogP contribution in [-0.4, -0.2) is 38.3 Å². The summed E-state index contributed by atoms with van der Waals surface area (Å²) >= 11 is 0. The van der Waals surface area contributed by atoms with Gasteiger partial charge >= 0.3 is 0 Å². The van der Waals surface area contributed by atoms with E-state index in [2.05, 4.69) is 12.2 Å². The number of carbonyl (C=O) groups excluding carboxylic acids is 1. The van der Waals surface area contributed by atoms with Crippen LogP contribution in [0.15, 0.2) is 23.1 Å². The summed E-state index contributed by atoms with van der Waals surface area (Å²) in [6, 6.07) is 4.80. The average molecular weight is 324 g/mol. The van der Waals surface area contributed by atoms with Gasteiger partial charge in [-0.3, -0.25) is 4.79 Å². The number of aryl methyl sites for hydroxylation is 1. The lowest BCUT2D eigenvalue weighted by molar-refractivity contribution is 0.0952. The number of nitrogens with one attached hydrogen (secondary N) is 1. The second-order valence-electron chi connectivity index (χ2n) is 5.70. The summed E-state index contributed by atoms with van der Waals surface area (Å²) in [4.78, 5) is 12.4. The topological polar surface area (TPSA) is 66.5 Å². The number of nitrogens with zero attached hydrogens (tertiary/aromatic N) is 1. The molecule has 0 bridgehead atoms. The van der Waals surface area contributed by atoms with E-state index in [-0.39, 0.29) is 10.8 Å². The van der Waals surface area contributed by atoms with Crippen molar-refractivity contribution in [1.82, 2.24) is 9.62 Å². The van der Waals surface area contributed by atoms with Crippen molar-refractivity contribution >= 4 is 15.9 Å². The number of carbonyl (C=O) groups is 1. The van der Waals surface area contributed by atoms with Crippen molar-refractivity contribution in [3.05, 3.63) is 29.3 Å². The molecule has 2 rings (SSSR count). The van der Waals surface area contributed by atoms with Crippen LogP contribution in [0.25, 0.3) is 0 Å². The van der Waals surface area contributed by atoms with E-state index in [0.717, 1.165) is 31.2 Å². The zero-order valence-corrected chi connectivity index (χ0v) is 14.1. The zero-order valence-electron chi connectivity index (χ0n) is 13.3. The number of rotatable bonds is 6. The maximum absolute atomic E-state index is 12.6. The fraction of sp³-hybridized carbons (Fsp3) is 0.562. The molecule has 0 unspecified atom stereocenters. The van der Waals surface area contributed by atoms with Crippen LogP contribution < -0.4 is 5.32 Å². The van der Waals surface area contributed by atoms with Crippen molar-refractivity contribution in [3.63, 3.8) is 0 Å². The van der Waals surface area contributed by atoms with Crippen molar-refractivity contribution in [2.75, 3.05) is 19.6 Å². The first kappa shape index (κ1) is 17.0. The number of sulfonamides is 1. The second kappa shape index (κ2) is 7.24. The van der Waals surface area contributed by atoms with Crippen LogP contribution >= 0.6 is 0 Å². The first-order chi connectivity index (χ1) is 10.5. The van der Waals surface area contributed by atoms with Crippen molar-refractivity contribution in [1.29, 1.82) is 0 Å². The maximum atomic E-state index is 12.6. The predicted molar refractivity (Wildman–Crippen MR) is 86.4 cm³/mol. The van der Waals surface area contributed by atoms with Crippen LogP contribution in [-0.2, 0) is 10.0 Å². The molecule has 1 N–H and O–H groups in total. The van der Waals surface area contributed by atoms with Crippen LogP contribution in [0.4, 0.5) is 0 Å². The Kier molecular flexibility index (Phi) is 5.58. The summed E-state index contributed by atoms with van der Waals surface area (Å²) in [5.74, 6) is -0.204. The van der Waals surface area contributed by atoms with Gasteiger partial charge in [-0.15, -0.1) is 0 Å². The molecule has 1 heterocycles. The van der Waals surface area contributed by atoms with E-state index in [9.17, 15) is 13.2 Å². The van der Waals surface area contributed by atoms with Gasteiger partial charge in [0, 0.05) is 25.2 Å². The molecule has 1 aliphatic rings. The van der Waals surface area contributed by atoms with Crippen LogP contribution in [0.3, 0.4) is 0 Å². The molecule has 1 aromatic carbocycles. The number of amides is 1. The molecule has 1 saturated heterocycles. The van der Waals surface area contributed by atoms with Gasteiger partial charge in [-0.2, -0.15) is 4.31 Å². The average Bonchev–Trinajstić information content (AvgIpc) is 3.02. The molecule has 1 aliphatic heterocycles. The largest absolute Gasteiger partial charge is 0.352 e. The summed E-state index contributed by atoms with van der Waals surface area (Å²) < 4.78 is 26.6. The highest BCUT2D eigenvalue weighted by atomic mass is 32.2. The Hall–Kier alpha value is -1.40. The molecule has 0 spiro atoms. The van der Waals surface area contributed by atoms with Crippen molar-refractivity contribution < 1.29 is 13.2 Å². The molecule has 1 amide bonds. The van der Waals surface area contributed by atoms with E-state index in [1.807, 2.05) is 6.92 Å². The zero-order chi connectivity index (χ0) is 16.2. The van der Waals surface area contributed by atoms with Crippen LogP contribution in [0, 0.1) is 6.92 Å². The molecule has 5 nitrogen and oxygen atoms in total. The van der Waals surface area contributed by atoms with Gasteiger partial charge in [0.1, 0.15) is 0 Å². The minimum Gasteiger partial charge on any atom is -0.352 e. The SMILES string of the molecule is CCCCNC(=O)c1cc(S(=O)(=O)N2CCCC2)ccc1C. The summed E-state index contributed by atoms with van der Waals surface area (Å²) in [5, 5.41) is 2.84. The summed E-state index contributed by atoms with van der Waals surface area (Å²) in [7, 11) is -3.48. The number of hydrogen-bond donors (Lipinski definition) is 1. The van der Waals surface area contributed by atoms with E-state index in [1.54, 1.807) is 12.1 Å². The third-order valence-corrected chi connectivity index (χ3v) is 5.87. The standard InChI is InChI=1S/C16H24N2O3S/c1-3-4-9-17-16(19)15-12-14(8-7-13(15)2)22(20,21)18-10-5-6-11-18/h7-8,12H,3-6,9-11H2,1-2H3,(H,17,19). The predicted octanol–water partition coefficient (Wildman–Crippen LogP) is 2.31. The molecule has 1 aromatic rings. The minimum absolute atomic E-state index is 0.204. The fourth-order valence-corrected chi connectivity index (χ4v) is 4.10. The Morgan fingerprint density at radius 1 is 1.27 bits per heavy atom. The molecule has 6 heteroatoms. The van der Waals surface area contributed by atoms with E-state index < -0.39 is 10.0 Å².